The molecular weight excluding hydrogens is 873 g/mol. The van der Waals surface area contributed by atoms with Gasteiger partial charge in [-0.25, -0.2) is 0 Å². The first kappa shape index (κ1) is 49.4. The average Bonchev–Trinajstić information content (AvgIpc) is 3.33. The average molecular weight is 945 g/mol. The molecule has 0 saturated heterocycles. The summed E-state index contributed by atoms with van der Waals surface area (Å²) in [5, 5.41) is 0. The molecule has 6 aromatic carbocycles. The summed E-state index contributed by atoms with van der Waals surface area (Å²) in [6.07, 6.45) is 17.4. The molecule has 0 aliphatic heterocycles. The van der Waals surface area contributed by atoms with Crippen LogP contribution in [0.3, 0.4) is 0 Å². The molecule has 68 heavy (non-hydrogen) atoms. The number of carbonyl (C=O) groups excluding carboxylic acids is 2. The van der Waals surface area contributed by atoms with Gasteiger partial charge in [0.05, 0.1) is 27.2 Å². The van der Waals surface area contributed by atoms with Gasteiger partial charge in [-0.3, -0.25) is 9.59 Å². The minimum atomic E-state index is -0.231. The molecular formula is C62H72O4S2+2. The van der Waals surface area contributed by atoms with E-state index in [1.807, 2.05) is 13.8 Å². The van der Waals surface area contributed by atoms with Gasteiger partial charge < -0.3 is 9.47 Å². The van der Waals surface area contributed by atoms with Crippen molar-refractivity contribution in [2.24, 2.45) is 23.2 Å². The number of aryl methyl sites for hydroxylation is 4. The highest BCUT2D eigenvalue weighted by Gasteiger charge is 2.55. The molecule has 4 bridgehead atoms. The summed E-state index contributed by atoms with van der Waals surface area (Å²) in [4.78, 5) is 33.8. The summed E-state index contributed by atoms with van der Waals surface area (Å²) < 4.78 is 12.1. The Kier molecular flexibility index (Phi) is 17.1. The third-order valence-electron chi connectivity index (χ3n) is 14.4. The highest BCUT2D eigenvalue weighted by Crippen LogP contribution is 2.60. The van der Waals surface area contributed by atoms with E-state index in [4.69, 9.17) is 9.47 Å². The molecule has 4 aliphatic carbocycles. The Morgan fingerprint density at radius 3 is 1.13 bits per heavy atom. The molecule has 6 heteroatoms. The topological polar surface area (TPSA) is 52.6 Å². The monoisotopic (exact) mass is 944 g/mol. The van der Waals surface area contributed by atoms with E-state index in [-0.39, 0.29) is 39.1 Å². The Morgan fingerprint density at radius 2 is 0.779 bits per heavy atom. The van der Waals surface area contributed by atoms with Gasteiger partial charge in [0, 0.05) is 30.7 Å². The largest absolute Gasteiger partial charge is 0.426 e. The van der Waals surface area contributed by atoms with E-state index in [0.717, 1.165) is 83.6 Å². The maximum Gasteiger partial charge on any atom is 0.317 e. The van der Waals surface area contributed by atoms with Crippen molar-refractivity contribution in [2.75, 3.05) is 0 Å². The van der Waals surface area contributed by atoms with Crippen LogP contribution in [0.1, 0.15) is 125 Å². The molecule has 4 aliphatic rings. The number of hydrogen-bond donors (Lipinski definition) is 0. The van der Waals surface area contributed by atoms with Gasteiger partial charge in [0.25, 0.3) is 0 Å². The van der Waals surface area contributed by atoms with Crippen molar-refractivity contribution in [3.05, 3.63) is 168 Å². The summed E-state index contributed by atoms with van der Waals surface area (Å²) in [6.45, 7) is 10.5. The first-order chi connectivity index (χ1) is 33.1. The Morgan fingerprint density at radius 1 is 0.456 bits per heavy atom. The second-order valence-corrected chi connectivity index (χ2v) is 24.0. The number of benzene rings is 6. The smallest absolute Gasteiger partial charge is 0.317 e. The summed E-state index contributed by atoms with van der Waals surface area (Å²) >= 11 is 0. The molecule has 0 radical (unpaired) electrons. The van der Waals surface area contributed by atoms with Crippen LogP contribution in [0.4, 0.5) is 0 Å². The zero-order valence-electron chi connectivity index (χ0n) is 41.1. The SMILES string of the molecule is CCCCCCCCCCC(=O)Oc1c(C)cc([S+](c2ccccc2)c2ccccc2)cc1C.Cc1cc([S+](c2ccccc2)c2ccccc2)cc(C)c1OC(=O)C12CC3CC(CC(C3)C1)C2. The minimum absolute atomic E-state index is 0.0377. The minimum Gasteiger partial charge on any atom is -0.426 e. The van der Waals surface area contributed by atoms with Crippen LogP contribution < -0.4 is 9.47 Å². The lowest BCUT2D eigenvalue weighted by molar-refractivity contribution is -0.161. The normalized spacial score (nSPS) is 19.1. The van der Waals surface area contributed by atoms with Crippen molar-refractivity contribution < 1.29 is 19.1 Å². The molecule has 6 aromatic rings. The van der Waals surface area contributed by atoms with Crippen molar-refractivity contribution in [1.82, 2.24) is 0 Å². The van der Waals surface area contributed by atoms with E-state index in [2.05, 4.69) is 166 Å². The second kappa shape index (κ2) is 23.5. The highest BCUT2D eigenvalue weighted by molar-refractivity contribution is 7.97. The van der Waals surface area contributed by atoms with Crippen molar-refractivity contribution in [3.8, 4) is 11.5 Å². The fourth-order valence-corrected chi connectivity index (χ4v) is 16.1. The lowest BCUT2D eigenvalue weighted by Crippen LogP contribution is -2.51. The van der Waals surface area contributed by atoms with Gasteiger partial charge in [-0.05, 0) is 161 Å². The maximum atomic E-state index is 13.6. The Labute approximate surface area is 413 Å². The predicted octanol–water partition coefficient (Wildman–Crippen LogP) is 16.4. The van der Waals surface area contributed by atoms with Crippen molar-refractivity contribution in [2.45, 2.75) is 160 Å². The van der Waals surface area contributed by atoms with Crippen LogP contribution in [0.15, 0.2) is 175 Å². The third-order valence-corrected chi connectivity index (χ3v) is 18.8. The van der Waals surface area contributed by atoms with Gasteiger partial charge in [0.1, 0.15) is 11.5 Å². The molecule has 0 spiro atoms. The van der Waals surface area contributed by atoms with Gasteiger partial charge >= 0.3 is 11.9 Å². The molecule has 0 N–H and O–H groups in total. The van der Waals surface area contributed by atoms with E-state index < -0.39 is 0 Å². The Balaban J connectivity index is 0.000000184. The Hall–Kier alpha value is -5.04. The molecule has 4 nitrogen and oxygen atoms in total. The molecule has 0 heterocycles. The molecule has 354 valence electrons. The van der Waals surface area contributed by atoms with Crippen LogP contribution in [0.25, 0.3) is 0 Å². The van der Waals surface area contributed by atoms with Crippen LogP contribution in [0, 0.1) is 50.9 Å². The van der Waals surface area contributed by atoms with Gasteiger partial charge in [0.15, 0.2) is 29.4 Å². The van der Waals surface area contributed by atoms with Crippen LogP contribution in [-0.4, -0.2) is 11.9 Å². The van der Waals surface area contributed by atoms with Gasteiger partial charge in [-0.15, -0.1) is 0 Å². The van der Waals surface area contributed by atoms with Gasteiger partial charge in [0.2, 0.25) is 0 Å². The first-order valence-corrected chi connectivity index (χ1v) is 27.9. The fourth-order valence-electron chi connectivity index (χ4n) is 11.6. The molecule has 0 amide bonds. The number of rotatable bonds is 18. The standard InChI is InChI=1S/C31H33O2S.C31H39O2S/c1-21-13-28(34(26-9-5-3-6-10-26)27-11-7-4-8-12-27)14-22(2)29(21)33-30(32)31-18-23-15-24(19-31)17-25(16-23)20-31;1-4-5-6-7-8-9-10-17-22-30(32)33-31-25(2)23-29(24-26(31)3)34(27-18-13-11-14-19-27)28-20-15-12-16-21-28/h3-14,23-25H,15-20H2,1-2H3;11-16,18-21,23-24H,4-10,17,22H2,1-3H3/q2*+1. The van der Waals surface area contributed by atoms with Crippen LogP contribution in [0.5, 0.6) is 11.5 Å². The molecule has 0 atom stereocenters. The van der Waals surface area contributed by atoms with E-state index in [1.54, 1.807) is 0 Å². The molecule has 4 fully saturated rings. The van der Waals surface area contributed by atoms with E-state index in [1.165, 1.54) is 87.2 Å². The summed E-state index contributed by atoms with van der Waals surface area (Å²) in [5.74, 6) is 3.63. The second-order valence-electron chi connectivity index (χ2n) is 19.9. The molecule has 0 aromatic heterocycles. The predicted molar refractivity (Wildman–Crippen MR) is 281 cm³/mol. The number of esters is 2. The summed E-state index contributed by atoms with van der Waals surface area (Å²) in [6, 6.07) is 51.5. The first-order valence-electron chi connectivity index (χ1n) is 25.4. The fraction of sp³-hybridized carbons (Fsp3) is 0.387. The Bertz CT molecular complexity index is 2410. The number of unbranched alkanes of at least 4 members (excludes halogenated alkanes) is 7. The lowest BCUT2D eigenvalue weighted by atomic mass is 9.49. The molecule has 10 rings (SSSR count). The van der Waals surface area contributed by atoms with Gasteiger partial charge in [-0.2, -0.15) is 0 Å². The zero-order chi connectivity index (χ0) is 47.5. The third kappa shape index (κ3) is 12.2. The maximum absolute atomic E-state index is 13.6. The van der Waals surface area contributed by atoms with E-state index in [0.29, 0.717) is 6.42 Å². The molecule has 0 unspecified atom stereocenters. The van der Waals surface area contributed by atoms with E-state index >= 15 is 0 Å². The van der Waals surface area contributed by atoms with Gasteiger partial charge in [-0.1, -0.05) is 125 Å². The zero-order valence-corrected chi connectivity index (χ0v) is 42.8. The van der Waals surface area contributed by atoms with Crippen LogP contribution >= 0.6 is 0 Å². The van der Waals surface area contributed by atoms with Crippen LogP contribution in [0.2, 0.25) is 0 Å². The highest BCUT2D eigenvalue weighted by atomic mass is 32.2. The molecule has 4 saturated carbocycles. The van der Waals surface area contributed by atoms with Crippen molar-refractivity contribution >= 4 is 33.7 Å². The van der Waals surface area contributed by atoms with Crippen LogP contribution in [-0.2, 0) is 31.4 Å². The number of carbonyl (C=O) groups is 2. The number of hydrogen-bond acceptors (Lipinski definition) is 4. The van der Waals surface area contributed by atoms with Crippen molar-refractivity contribution in [3.63, 3.8) is 0 Å². The summed E-state index contributed by atoms with van der Waals surface area (Å²) in [7, 11) is -0.413. The number of ether oxygens (including phenoxy) is 2. The quantitative estimate of drug-likeness (QED) is 0.0373. The van der Waals surface area contributed by atoms with Crippen molar-refractivity contribution in [1.29, 1.82) is 0 Å². The summed E-state index contributed by atoms with van der Waals surface area (Å²) in [5.41, 5.74) is 3.91. The van der Waals surface area contributed by atoms with E-state index in [9.17, 15) is 9.59 Å². The lowest BCUT2D eigenvalue weighted by Gasteiger charge is -2.55.